The maximum atomic E-state index is 12.2. The third-order valence-electron chi connectivity index (χ3n) is 3.65. The maximum Gasteiger partial charge on any atom is 0.410 e. The number of rotatable bonds is 2. The Labute approximate surface area is 145 Å². The zero-order valence-corrected chi connectivity index (χ0v) is 14.7. The first-order chi connectivity index (χ1) is 10.6. The van der Waals surface area contributed by atoms with Crippen molar-refractivity contribution < 1.29 is 19.4 Å². The summed E-state index contributed by atoms with van der Waals surface area (Å²) in [5.41, 5.74) is -0.000621. The lowest BCUT2D eigenvalue weighted by molar-refractivity contribution is -0.141. The van der Waals surface area contributed by atoms with Gasteiger partial charge < -0.3 is 14.7 Å². The number of amides is 1. The van der Waals surface area contributed by atoms with Gasteiger partial charge >= 0.3 is 12.1 Å². The monoisotopic (exact) mass is 359 g/mol. The molecule has 2 atom stereocenters. The van der Waals surface area contributed by atoms with Crippen LogP contribution in [0.2, 0.25) is 10.0 Å². The van der Waals surface area contributed by atoms with Crippen molar-refractivity contribution >= 4 is 35.3 Å². The second kappa shape index (κ2) is 6.57. The van der Waals surface area contributed by atoms with Crippen molar-refractivity contribution in [3.8, 4) is 0 Å². The fourth-order valence-electron chi connectivity index (χ4n) is 2.64. The summed E-state index contributed by atoms with van der Waals surface area (Å²) >= 11 is 12.2. The van der Waals surface area contributed by atoms with E-state index in [2.05, 4.69) is 0 Å². The largest absolute Gasteiger partial charge is 0.481 e. The molecule has 0 aromatic heterocycles. The van der Waals surface area contributed by atoms with Crippen LogP contribution in [0.4, 0.5) is 4.79 Å². The third-order valence-corrected chi connectivity index (χ3v) is 4.23. The molecule has 126 valence electrons. The molecule has 0 spiro atoms. The van der Waals surface area contributed by atoms with Gasteiger partial charge in [0, 0.05) is 29.1 Å². The van der Waals surface area contributed by atoms with Crippen LogP contribution in [0.25, 0.3) is 0 Å². The molecule has 1 aliphatic rings. The van der Waals surface area contributed by atoms with E-state index >= 15 is 0 Å². The average molecular weight is 360 g/mol. The van der Waals surface area contributed by atoms with Gasteiger partial charge in [0.1, 0.15) is 5.60 Å². The average Bonchev–Trinajstić information content (AvgIpc) is 2.85. The van der Waals surface area contributed by atoms with Crippen LogP contribution in [-0.2, 0) is 9.53 Å². The Balaban J connectivity index is 2.27. The smallest absolute Gasteiger partial charge is 0.410 e. The fourth-order valence-corrected chi connectivity index (χ4v) is 3.08. The van der Waals surface area contributed by atoms with Crippen molar-refractivity contribution in [2.75, 3.05) is 13.1 Å². The molecule has 1 aromatic rings. The summed E-state index contributed by atoms with van der Waals surface area (Å²) in [5.74, 6) is -2.15. The highest BCUT2D eigenvalue weighted by Gasteiger charge is 2.42. The van der Waals surface area contributed by atoms with Crippen LogP contribution in [0.15, 0.2) is 18.2 Å². The number of aliphatic carboxylic acids is 1. The molecule has 5 nitrogen and oxygen atoms in total. The molecule has 1 aromatic carbocycles. The van der Waals surface area contributed by atoms with Gasteiger partial charge in [0.25, 0.3) is 0 Å². The summed E-state index contributed by atoms with van der Waals surface area (Å²) in [5, 5.41) is 10.4. The van der Waals surface area contributed by atoms with Crippen molar-refractivity contribution in [1.29, 1.82) is 0 Å². The lowest BCUT2D eigenvalue weighted by atomic mass is 9.89. The summed E-state index contributed by atoms with van der Waals surface area (Å²) in [7, 11) is 0. The predicted octanol–water partition coefficient (Wildman–Crippen LogP) is 4.03. The Morgan fingerprint density at radius 1 is 1.26 bits per heavy atom. The molecule has 7 heteroatoms. The second-order valence-corrected chi connectivity index (χ2v) is 7.45. The van der Waals surface area contributed by atoms with Crippen molar-refractivity contribution in [2.45, 2.75) is 32.3 Å². The van der Waals surface area contributed by atoms with Gasteiger partial charge in [-0.2, -0.15) is 0 Å². The number of carboxylic acid groups (broad SMARTS) is 1. The summed E-state index contributed by atoms with van der Waals surface area (Å²) < 4.78 is 5.32. The number of carbonyl (C=O) groups excluding carboxylic acids is 1. The van der Waals surface area contributed by atoms with Gasteiger partial charge in [-0.25, -0.2) is 4.79 Å². The minimum Gasteiger partial charge on any atom is -0.481 e. The molecule has 2 rings (SSSR count). The van der Waals surface area contributed by atoms with E-state index in [-0.39, 0.29) is 13.1 Å². The zero-order chi connectivity index (χ0) is 17.4. The lowest BCUT2D eigenvalue weighted by Crippen LogP contribution is -2.35. The summed E-state index contributed by atoms with van der Waals surface area (Å²) in [6.45, 7) is 5.60. The van der Waals surface area contributed by atoms with Gasteiger partial charge in [0.15, 0.2) is 0 Å². The lowest BCUT2D eigenvalue weighted by Gasteiger charge is -2.24. The first-order valence-electron chi connectivity index (χ1n) is 7.24. The van der Waals surface area contributed by atoms with Gasteiger partial charge in [-0.15, -0.1) is 0 Å². The fraction of sp³-hybridized carbons (Fsp3) is 0.500. The van der Waals surface area contributed by atoms with Gasteiger partial charge in [0.2, 0.25) is 0 Å². The number of nitrogens with zero attached hydrogens (tertiary/aromatic N) is 1. The molecule has 23 heavy (non-hydrogen) atoms. The van der Waals surface area contributed by atoms with E-state index in [0.29, 0.717) is 15.6 Å². The van der Waals surface area contributed by atoms with E-state index in [0.717, 1.165) is 0 Å². The first-order valence-corrected chi connectivity index (χ1v) is 8.00. The molecule has 0 radical (unpaired) electrons. The number of hydrogen-bond donors (Lipinski definition) is 1. The third kappa shape index (κ3) is 4.30. The molecular weight excluding hydrogens is 341 g/mol. The first kappa shape index (κ1) is 17.9. The Morgan fingerprint density at radius 3 is 2.48 bits per heavy atom. The van der Waals surface area contributed by atoms with Crippen LogP contribution in [0.1, 0.15) is 32.3 Å². The van der Waals surface area contributed by atoms with Crippen LogP contribution in [-0.4, -0.2) is 40.8 Å². The molecule has 0 saturated carbocycles. The van der Waals surface area contributed by atoms with E-state index in [4.69, 9.17) is 27.9 Å². The number of carboxylic acids is 1. The molecule has 1 aliphatic heterocycles. The van der Waals surface area contributed by atoms with Crippen LogP contribution in [0.5, 0.6) is 0 Å². The zero-order valence-electron chi connectivity index (χ0n) is 13.2. The number of likely N-dealkylation sites (tertiary alicyclic amines) is 1. The maximum absolute atomic E-state index is 12.2. The van der Waals surface area contributed by atoms with E-state index < -0.39 is 29.5 Å². The topological polar surface area (TPSA) is 66.8 Å². The highest BCUT2D eigenvalue weighted by Crippen LogP contribution is 2.38. The van der Waals surface area contributed by atoms with Crippen molar-refractivity contribution in [3.05, 3.63) is 33.8 Å². The summed E-state index contributed by atoms with van der Waals surface area (Å²) in [6, 6.07) is 4.93. The molecule has 0 bridgehead atoms. The van der Waals surface area contributed by atoms with Gasteiger partial charge in [0.05, 0.1) is 5.92 Å². The van der Waals surface area contributed by atoms with Gasteiger partial charge in [-0.1, -0.05) is 23.2 Å². The molecule has 1 fully saturated rings. The normalized spacial score (nSPS) is 21.3. The van der Waals surface area contributed by atoms with E-state index in [9.17, 15) is 14.7 Å². The van der Waals surface area contributed by atoms with Crippen LogP contribution in [0.3, 0.4) is 0 Å². The number of hydrogen-bond acceptors (Lipinski definition) is 3. The van der Waals surface area contributed by atoms with E-state index in [1.54, 1.807) is 39.0 Å². The van der Waals surface area contributed by atoms with Gasteiger partial charge in [-0.05, 0) is 44.5 Å². The summed E-state index contributed by atoms with van der Waals surface area (Å²) in [6.07, 6.45) is -0.524. The quantitative estimate of drug-likeness (QED) is 0.865. The van der Waals surface area contributed by atoms with Crippen molar-refractivity contribution in [3.63, 3.8) is 0 Å². The number of carbonyl (C=O) groups is 2. The Bertz CT molecular complexity index is 627. The van der Waals surface area contributed by atoms with E-state index in [1.807, 2.05) is 0 Å². The van der Waals surface area contributed by atoms with Crippen LogP contribution in [0, 0.1) is 5.92 Å². The molecule has 1 amide bonds. The Hall–Kier alpha value is -1.46. The Morgan fingerprint density at radius 2 is 1.91 bits per heavy atom. The number of benzene rings is 1. The molecule has 1 saturated heterocycles. The highest BCUT2D eigenvalue weighted by atomic mass is 35.5. The molecule has 0 aliphatic carbocycles. The SMILES string of the molecule is CC(C)(C)OC(=O)N1CC(C(=O)O)C(c2cc(Cl)ccc2Cl)C1. The van der Waals surface area contributed by atoms with E-state index in [1.165, 1.54) is 4.90 Å². The molecule has 2 unspecified atom stereocenters. The van der Waals surface area contributed by atoms with Crippen LogP contribution >= 0.6 is 23.2 Å². The van der Waals surface area contributed by atoms with Crippen LogP contribution < -0.4 is 0 Å². The predicted molar refractivity (Wildman–Crippen MR) is 88.1 cm³/mol. The molecule has 1 heterocycles. The second-order valence-electron chi connectivity index (χ2n) is 6.60. The highest BCUT2D eigenvalue weighted by molar-refractivity contribution is 6.33. The van der Waals surface area contributed by atoms with Crippen molar-refractivity contribution in [2.24, 2.45) is 5.92 Å². The minimum atomic E-state index is -0.975. The molecule has 1 N–H and O–H groups in total. The Kier molecular flexibility index (Phi) is 5.11. The number of ether oxygens (including phenoxy) is 1. The molecular formula is C16H19Cl2NO4. The standard InChI is InChI=1S/C16H19Cl2NO4/c1-16(2,3)23-15(22)19-7-11(12(8-19)14(20)21)10-6-9(17)4-5-13(10)18/h4-6,11-12H,7-8H2,1-3H3,(H,20,21). The van der Waals surface area contributed by atoms with Gasteiger partial charge in [-0.3, -0.25) is 4.79 Å². The van der Waals surface area contributed by atoms with Crippen molar-refractivity contribution in [1.82, 2.24) is 4.90 Å². The number of halogens is 2. The summed E-state index contributed by atoms with van der Waals surface area (Å²) in [4.78, 5) is 25.2. The minimum absolute atomic E-state index is 0.0811.